The van der Waals surface area contributed by atoms with Crippen LogP contribution in [0.1, 0.15) is 57.7 Å². The number of nitrogens with two attached hydrogens (primary N) is 1. The number of fused-ring (bicyclic) bond motifs is 1. The molecule has 2 N–H and O–H groups in total. The zero-order valence-electron chi connectivity index (χ0n) is 13.1. The van der Waals surface area contributed by atoms with Gasteiger partial charge < -0.3 is 10.3 Å². The molecule has 1 aromatic carbocycles. The summed E-state index contributed by atoms with van der Waals surface area (Å²) < 4.78 is 2.46. The smallest absolute Gasteiger partial charge is 0.117 e. The number of hydrogen-bond donors (Lipinski definition) is 1. The van der Waals surface area contributed by atoms with Crippen LogP contribution in [0.25, 0.3) is 11.0 Å². The van der Waals surface area contributed by atoms with E-state index in [1.807, 2.05) is 0 Å². The summed E-state index contributed by atoms with van der Waals surface area (Å²) >= 11 is 0. The van der Waals surface area contributed by atoms with Gasteiger partial charge in [-0.15, -0.1) is 0 Å². The van der Waals surface area contributed by atoms with Crippen LogP contribution in [0, 0.1) is 0 Å². The van der Waals surface area contributed by atoms with E-state index >= 15 is 0 Å². The summed E-state index contributed by atoms with van der Waals surface area (Å²) in [6.45, 7) is 4.04. The SMILES string of the molecule is CCCCn1c(C2(CN)CCCCC2)nc2ccccc21. The Morgan fingerprint density at radius 3 is 2.67 bits per heavy atom. The molecule has 0 unspecified atom stereocenters. The van der Waals surface area contributed by atoms with E-state index in [0.717, 1.165) is 18.6 Å². The lowest BCUT2D eigenvalue weighted by Crippen LogP contribution is -2.39. The van der Waals surface area contributed by atoms with Crippen molar-refractivity contribution in [2.24, 2.45) is 5.73 Å². The summed E-state index contributed by atoms with van der Waals surface area (Å²) in [6, 6.07) is 8.54. The highest BCUT2D eigenvalue weighted by atomic mass is 15.1. The van der Waals surface area contributed by atoms with E-state index < -0.39 is 0 Å². The van der Waals surface area contributed by atoms with E-state index in [9.17, 15) is 0 Å². The Balaban J connectivity index is 2.10. The second kappa shape index (κ2) is 6.18. The summed E-state index contributed by atoms with van der Waals surface area (Å²) in [4.78, 5) is 5.02. The fraction of sp³-hybridized carbons (Fsp3) is 0.611. The molecular formula is C18H27N3. The number of para-hydroxylation sites is 2. The summed E-state index contributed by atoms with van der Waals surface area (Å²) in [5, 5.41) is 0. The molecule has 1 aliphatic rings. The first-order chi connectivity index (χ1) is 10.3. The molecule has 1 saturated carbocycles. The van der Waals surface area contributed by atoms with Crippen molar-refractivity contribution in [1.82, 2.24) is 9.55 Å². The van der Waals surface area contributed by atoms with Gasteiger partial charge in [-0.25, -0.2) is 4.98 Å². The van der Waals surface area contributed by atoms with E-state index in [4.69, 9.17) is 10.7 Å². The van der Waals surface area contributed by atoms with E-state index in [1.165, 1.54) is 56.3 Å². The maximum atomic E-state index is 6.24. The fourth-order valence-electron chi connectivity index (χ4n) is 3.77. The van der Waals surface area contributed by atoms with Crippen molar-refractivity contribution in [1.29, 1.82) is 0 Å². The number of unbranched alkanes of at least 4 members (excludes halogenated alkanes) is 1. The number of hydrogen-bond acceptors (Lipinski definition) is 2. The standard InChI is InChI=1S/C18H27N3/c1-2-3-13-21-16-10-6-5-9-15(16)20-17(21)18(14-19)11-7-4-8-12-18/h5-6,9-10H,2-4,7-8,11-14,19H2,1H3. The average molecular weight is 285 g/mol. The highest BCUT2D eigenvalue weighted by Gasteiger charge is 2.37. The first-order valence-electron chi connectivity index (χ1n) is 8.46. The lowest BCUT2D eigenvalue weighted by Gasteiger charge is -2.36. The van der Waals surface area contributed by atoms with Crippen molar-refractivity contribution in [2.45, 2.75) is 63.8 Å². The van der Waals surface area contributed by atoms with Crippen LogP contribution in [0.15, 0.2) is 24.3 Å². The van der Waals surface area contributed by atoms with Gasteiger partial charge in [0.1, 0.15) is 5.82 Å². The zero-order valence-corrected chi connectivity index (χ0v) is 13.1. The molecule has 0 atom stereocenters. The van der Waals surface area contributed by atoms with Crippen LogP contribution in [0.4, 0.5) is 0 Å². The van der Waals surface area contributed by atoms with Crippen LogP contribution in [-0.2, 0) is 12.0 Å². The second-order valence-corrected chi connectivity index (χ2v) is 6.47. The van der Waals surface area contributed by atoms with Gasteiger partial charge >= 0.3 is 0 Å². The summed E-state index contributed by atoms with van der Waals surface area (Å²) in [7, 11) is 0. The quantitative estimate of drug-likeness (QED) is 0.902. The first-order valence-corrected chi connectivity index (χ1v) is 8.46. The van der Waals surface area contributed by atoms with Crippen LogP contribution in [0.5, 0.6) is 0 Å². The number of aromatic nitrogens is 2. The van der Waals surface area contributed by atoms with E-state index in [1.54, 1.807) is 0 Å². The van der Waals surface area contributed by atoms with Crippen LogP contribution in [-0.4, -0.2) is 16.1 Å². The minimum absolute atomic E-state index is 0.102. The molecule has 2 aromatic rings. The Morgan fingerprint density at radius 1 is 1.19 bits per heavy atom. The molecule has 3 nitrogen and oxygen atoms in total. The van der Waals surface area contributed by atoms with Gasteiger partial charge in [0.25, 0.3) is 0 Å². The average Bonchev–Trinajstić information content (AvgIpc) is 2.93. The Kier molecular flexibility index (Phi) is 4.29. The third-order valence-corrected chi connectivity index (χ3v) is 5.07. The minimum atomic E-state index is 0.102. The van der Waals surface area contributed by atoms with Crippen molar-refractivity contribution in [3.05, 3.63) is 30.1 Å². The van der Waals surface area contributed by atoms with Gasteiger partial charge in [-0.05, 0) is 31.4 Å². The molecule has 0 bridgehead atoms. The summed E-state index contributed by atoms with van der Waals surface area (Å²) in [5.74, 6) is 1.25. The number of nitrogens with zero attached hydrogens (tertiary/aromatic N) is 2. The van der Waals surface area contributed by atoms with E-state index in [0.29, 0.717) is 0 Å². The van der Waals surface area contributed by atoms with Gasteiger partial charge in [0.05, 0.1) is 11.0 Å². The normalized spacial score (nSPS) is 18.2. The van der Waals surface area contributed by atoms with Crippen LogP contribution < -0.4 is 5.73 Å². The third-order valence-electron chi connectivity index (χ3n) is 5.07. The fourth-order valence-corrected chi connectivity index (χ4v) is 3.77. The van der Waals surface area contributed by atoms with Crippen LogP contribution in [0.3, 0.4) is 0 Å². The molecule has 1 heterocycles. The molecule has 114 valence electrons. The molecule has 1 aliphatic carbocycles. The Bertz CT molecular complexity index is 594. The molecule has 0 amide bonds. The van der Waals surface area contributed by atoms with Crippen LogP contribution >= 0.6 is 0 Å². The summed E-state index contributed by atoms with van der Waals surface area (Å²) in [6.07, 6.45) is 8.72. The number of benzene rings is 1. The molecule has 0 radical (unpaired) electrons. The minimum Gasteiger partial charge on any atom is -0.329 e. The molecule has 1 aromatic heterocycles. The number of imidazole rings is 1. The van der Waals surface area contributed by atoms with Gasteiger partial charge in [-0.1, -0.05) is 44.7 Å². The number of rotatable bonds is 5. The van der Waals surface area contributed by atoms with Gasteiger partial charge in [-0.2, -0.15) is 0 Å². The monoisotopic (exact) mass is 285 g/mol. The van der Waals surface area contributed by atoms with Gasteiger partial charge in [-0.3, -0.25) is 0 Å². The highest BCUT2D eigenvalue weighted by molar-refractivity contribution is 5.76. The highest BCUT2D eigenvalue weighted by Crippen LogP contribution is 2.39. The molecule has 0 spiro atoms. The van der Waals surface area contributed by atoms with E-state index in [-0.39, 0.29) is 5.41 Å². The third kappa shape index (κ3) is 2.59. The Morgan fingerprint density at radius 2 is 1.95 bits per heavy atom. The predicted molar refractivity (Wildman–Crippen MR) is 88.5 cm³/mol. The second-order valence-electron chi connectivity index (χ2n) is 6.47. The molecule has 1 fully saturated rings. The molecular weight excluding hydrogens is 258 g/mol. The van der Waals surface area contributed by atoms with Crippen molar-refractivity contribution in [3.8, 4) is 0 Å². The molecule has 0 saturated heterocycles. The number of aryl methyl sites for hydroxylation is 1. The lowest BCUT2D eigenvalue weighted by molar-refractivity contribution is 0.277. The van der Waals surface area contributed by atoms with Crippen LogP contribution in [0.2, 0.25) is 0 Å². The lowest BCUT2D eigenvalue weighted by atomic mass is 9.73. The van der Waals surface area contributed by atoms with Crippen molar-refractivity contribution >= 4 is 11.0 Å². The van der Waals surface area contributed by atoms with Gasteiger partial charge in [0.15, 0.2) is 0 Å². The van der Waals surface area contributed by atoms with Gasteiger partial charge in [0.2, 0.25) is 0 Å². The molecule has 3 heteroatoms. The maximum Gasteiger partial charge on any atom is 0.117 e. The zero-order chi connectivity index (χ0) is 14.7. The van der Waals surface area contributed by atoms with Gasteiger partial charge in [0, 0.05) is 18.5 Å². The van der Waals surface area contributed by atoms with Crippen molar-refractivity contribution in [2.75, 3.05) is 6.54 Å². The topological polar surface area (TPSA) is 43.8 Å². The first kappa shape index (κ1) is 14.6. The summed E-state index contributed by atoms with van der Waals surface area (Å²) in [5.41, 5.74) is 8.74. The Labute approximate surface area is 127 Å². The Hall–Kier alpha value is -1.35. The van der Waals surface area contributed by atoms with Crippen molar-refractivity contribution < 1.29 is 0 Å². The largest absolute Gasteiger partial charge is 0.329 e. The van der Waals surface area contributed by atoms with E-state index in [2.05, 4.69) is 35.8 Å². The molecule has 21 heavy (non-hydrogen) atoms. The molecule has 0 aliphatic heterocycles. The maximum absolute atomic E-state index is 6.24. The predicted octanol–water partition coefficient (Wildman–Crippen LogP) is 4.00. The van der Waals surface area contributed by atoms with Crippen molar-refractivity contribution in [3.63, 3.8) is 0 Å². The molecule has 3 rings (SSSR count).